The van der Waals surface area contributed by atoms with E-state index in [0.29, 0.717) is 0 Å². The number of rotatable bonds is 2. The van der Waals surface area contributed by atoms with Crippen molar-refractivity contribution < 1.29 is 0 Å². The number of hydrogen-bond acceptors (Lipinski definition) is 1. The summed E-state index contributed by atoms with van der Waals surface area (Å²) in [6.45, 7) is 7.19. The van der Waals surface area contributed by atoms with Crippen LogP contribution in [0.4, 0.5) is 0 Å². The molecule has 0 spiro atoms. The molecule has 1 saturated heterocycles. The third-order valence-corrected chi connectivity index (χ3v) is 5.24. The van der Waals surface area contributed by atoms with Crippen LogP contribution in [0.1, 0.15) is 72.1 Å². The topological polar surface area (TPSA) is 12.0 Å². The molecule has 100 valence electrons. The molecule has 1 N–H and O–H groups in total. The normalized spacial score (nSPS) is 43.6. The zero-order chi connectivity index (χ0) is 12.3. The zero-order valence-corrected chi connectivity index (χ0v) is 12.0. The molecular weight excluding hydrogens is 206 g/mol. The minimum atomic E-state index is 0.754. The average Bonchev–Trinajstić information content (AvgIpc) is 2.31. The highest BCUT2D eigenvalue weighted by molar-refractivity contribution is 4.90. The first kappa shape index (κ1) is 13.4. The Morgan fingerprint density at radius 2 is 1.65 bits per heavy atom. The van der Waals surface area contributed by atoms with Crippen LogP contribution < -0.4 is 5.32 Å². The Hall–Kier alpha value is -0.0400. The molecule has 0 bridgehead atoms. The van der Waals surface area contributed by atoms with Crippen LogP contribution >= 0.6 is 0 Å². The van der Waals surface area contributed by atoms with E-state index in [4.69, 9.17) is 0 Å². The van der Waals surface area contributed by atoms with E-state index in [-0.39, 0.29) is 0 Å². The van der Waals surface area contributed by atoms with Crippen LogP contribution in [0, 0.1) is 17.8 Å². The number of piperidine rings is 1. The second kappa shape index (κ2) is 6.22. The van der Waals surface area contributed by atoms with Crippen LogP contribution in [0.15, 0.2) is 0 Å². The highest BCUT2D eigenvalue weighted by Crippen LogP contribution is 2.36. The molecule has 1 aliphatic carbocycles. The first-order chi connectivity index (χ1) is 8.20. The van der Waals surface area contributed by atoms with Gasteiger partial charge in [0, 0.05) is 12.1 Å². The lowest BCUT2D eigenvalue weighted by molar-refractivity contribution is 0.138. The maximum Gasteiger partial charge on any atom is 0.0123 e. The van der Waals surface area contributed by atoms with Gasteiger partial charge in [0.05, 0.1) is 0 Å². The van der Waals surface area contributed by atoms with E-state index in [1.807, 2.05) is 0 Å². The monoisotopic (exact) mass is 237 g/mol. The van der Waals surface area contributed by atoms with Gasteiger partial charge in [-0.15, -0.1) is 0 Å². The zero-order valence-electron chi connectivity index (χ0n) is 12.0. The van der Waals surface area contributed by atoms with Crippen molar-refractivity contribution in [3.63, 3.8) is 0 Å². The van der Waals surface area contributed by atoms with E-state index < -0.39 is 0 Å². The lowest BCUT2D eigenvalue weighted by Gasteiger charge is -2.42. The molecule has 1 heterocycles. The van der Waals surface area contributed by atoms with Gasteiger partial charge in [-0.05, 0) is 50.4 Å². The summed E-state index contributed by atoms with van der Waals surface area (Å²) < 4.78 is 0. The fourth-order valence-corrected chi connectivity index (χ4v) is 4.11. The van der Waals surface area contributed by atoms with Gasteiger partial charge in [0.1, 0.15) is 0 Å². The first-order valence-corrected chi connectivity index (χ1v) is 7.96. The van der Waals surface area contributed by atoms with Crippen LogP contribution in [-0.2, 0) is 0 Å². The summed E-state index contributed by atoms with van der Waals surface area (Å²) in [5.74, 6) is 2.89. The third-order valence-electron chi connectivity index (χ3n) is 5.24. The fraction of sp³-hybridized carbons (Fsp3) is 1.00. The summed E-state index contributed by atoms with van der Waals surface area (Å²) >= 11 is 0. The molecule has 0 amide bonds. The minimum Gasteiger partial charge on any atom is -0.311 e. The van der Waals surface area contributed by atoms with Gasteiger partial charge in [-0.1, -0.05) is 39.5 Å². The maximum atomic E-state index is 3.88. The van der Waals surface area contributed by atoms with Gasteiger partial charge in [0.15, 0.2) is 0 Å². The fourth-order valence-electron chi connectivity index (χ4n) is 4.11. The Morgan fingerprint density at radius 3 is 2.41 bits per heavy atom. The van der Waals surface area contributed by atoms with E-state index >= 15 is 0 Å². The molecule has 1 nitrogen and oxygen atoms in total. The van der Waals surface area contributed by atoms with Crippen LogP contribution in [0.3, 0.4) is 0 Å². The largest absolute Gasteiger partial charge is 0.311 e. The van der Waals surface area contributed by atoms with E-state index in [1.165, 1.54) is 51.4 Å². The summed E-state index contributed by atoms with van der Waals surface area (Å²) in [6, 6.07) is 1.57. The van der Waals surface area contributed by atoms with Crippen LogP contribution in [0.25, 0.3) is 0 Å². The van der Waals surface area contributed by atoms with Crippen molar-refractivity contribution in [2.75, 3.05) is 0 Å². The molecule has 2 fully saturated rings. The van der Waals surface area contributed by atoms with Gasteiger partial charge < -0.3 is 5.32 Å². The first-order valence-electron chi connectivity index (χ1n) is 7.96. The Labute approximate surface area is 108 Å². The summed E-state index contributed by atoms with van der Waals surface area (Å²) in [7, 11) is 0. The smallest absolute Gasteiger partial charge is 0.0123 e. The van der Waals surface area contributed by atoms with Crippen molar-refractivity contribution in [2.45, 2.75) is 84.2 Å². The van der Waals surface area contributed by atoms with E-state index in [0.717, 1.165) is 29.8 Å². The van der Waals surface area contributed by atoms with Crippen molar-refractivity contribution >= 4 is 0 Å². The SMILES string of the molecule is CCCC1CCC(C)C2NC(C)CCC2CC1. The molecule has 0 aromatic heterocycles. The standard InChI is InChI=1S/C16H31N/c1-4-5-14-8-6-12(2)16-15(11-9-14)10-7-13(3)17-16/h12-17H,4-11H2,1-3H3. The highest BCUT2D eigenvalue weighted by atomic mass is 15.0. The number of nitrogens with one attached hydrogen (secondary N) is 1. The van der Waals surface area contributed by atoms with Gasteiger partial charge in [0.25, 0.3) is 0 Å². The molecule has 0 aromatic rings. The summed E-state index contributed by atoms with van der Waals surface area (Å²) in [5.41, 5.74) is 0. The minimum absolute atomic E-state index is 0.754. The van der Waals surface area contributed by atoms with Crippen LogP contribution in [0.5, 0.6) is 0 Å². The predicted molar refractivity (Wildman–Crippen MR) is 75.1 cm³/mol. The Balaban J connectivity index is 1.94. The molecule has 1 heteroatoms. The summed E-state index contributed by atoms with van der Waals surface area (Å²) in [6.07, 6.45) is 11.6. The average molecular weight is 237 g/mol. The van der Waals surface area contributed by atoms with E-state index in [1.54, 1.807) is 0 Å². The van der Waals surface area contributed by atoms with Gasteiger partial charge in [-0.2, -0.15) is 0 Å². The molecule has 0 radical (unpaired) electrons. The third kappa shape index (κ3) is 3.47. The Morgan fingerprint density at radius 1 is 0.941 bits per heavy atom. The number of fused-ring (bicyclic) bond motifs is 1. The van der Waals surface area contributed by atoms with Crippen molar-refractivity contribution in [3.05, 3.63) is 0 Å². The van der Waals surface area contributed by atoms with Crippen LogP contribution in [0.2, 0.25) is 0 Å². The molecular formula is C16H31N. The maximum absolute atomic E-state index is 3.88. The lowest BCUT2D eigenvalue weighted by Crippen LogP contribution is -2.50. The van der Waals surface area contributed by atoms with Crippen molar-refractivity contribution in [1.29, 1.82) is 0 Å². The Bertz CT molecular complexity index is 226. The van der Waals surface area contributed by atoms with Gasteiger partial charge >= 0.3 is 0 Å². The lowest BCUT2D eigenvalue weighted by atomic mass is 9.72. The van der Waals surface area contributed by atoms with Crippen LogP contribution in [-0.4, -0.2) is 12.1 Å². The molecule has 5 atom stereocenters. The van der Waals surface area contributed by atoms with Crippen molar-refractivity contribution in [3.8, 4) is 0 Å². The van der Waals surface area contributed by atoms with Gasteiger partial charge in [0.2, 0.25) is 0 Å². The molecule has 0 aromatic carbocycles. The van der Waals surface area contributed by atoms with E-state index in [9.17, 15) is 0 Å². The van der Waals surface area contributed by atoms with Crippen molar-refractivity contribution in [2.24, 2.45) is 17.8 Å². The molecule has 1 aliphatic heterocycles. The van der Waals surface area contributed by atoms with Gasteiger partial charge in [-0.3, -0.25) is 0 Å². The second-order valence-corrected chi connectivity index (χ2v) is 6.72. The molecule has 17 heavy (non-hydrogen) atoms. The quantitative estimate of drug-likeness (QED) is 0.752. The van der Waals surface area contributed by atoms with Gasteiger partial charge in [-0.25, -0.2) is 0 Å². The molecule has 2 aliphatic rings. The molecule has 1 saturated carbocycles. The summed E-state index contributed by atoms with van der Waals surface area (Å²) in [4.78, 5) is 0. The Kier molecular flexibility index (Phi) is 4.90. The van der Waals surface area contributed by atoms with Crippen molar-refractivity contribution in [1.82, 2.24) is 5.32 Å². The summed E-state index contributed by atoms with van der Waals surface area (Å²) in [5, 5.41) is 3.88. The number of hydrogen-bond donors (Lipinski definition) is 1. The second-order valence-electron chi connectivity index (χ2n) is 6.72. The highest BCUT2D eigenvalue weighted by Gasteiger charge is 2.33. The molecule has 5 unspecified atom stereocenters. The predicted octanol–water partition coefficient (Wildman–Crippen LogP) is 4.37. The molecule has 2 rings (SSSR count). The van der Waals surface area contributed by atoms with E-state index in [2.05, 4.69) is 26.1 Å².